The maximum absolute atomic E-state index is 5.81. The van der Waals surface area contributed by atoms with Crippen LogP contribution in [0.3, 0.4) is 0 Å². The van der Waals surface area contributed by atoms with Crippen LogP contribution in [0.4, 0.5) is 0 Å². The molecule has 0 spiro atoms. The van der Waals surface area contributed by atoms with Crippen LogP contribution in [0.5, 0.6) is 5.75 Å². The fourth-order valence-electron chi connectivity index (χ4n) is 2.25. The molecule has 0 saturated heterocycles. The zero-order valence-corrected chi connectivity index (χ0v) is 13.2. The Hall–Kier alpha value is -1.81. The van der Waals surface area contributed by atoms with Gasteiger partial charge in [0.15, 0.2) is 0 Å². The van der Waals surface area contributed by atoms with Crippen LogP contribution in [0.15, 0.2) is 36.7 Å². The molecule has 21 heavy (non-hydrogen) atoms. The van der Waals surface area contributed by atoms with Crippen molar-refractivity contribution in [1.29, 1.82) is 0 Å². The lowest BCUT2D eigenvalue weighted by atomic mass is 10.1. The van der Waals surface area contributed by atoms with Crippen molar-refractivity contribution in [3.63, 3.8) is 0 Å². The Morgan fingerprint density at radius 2 is 2.00 bits per heavy atom. The number of imidazole rings is 1. The molecule has 0 bridgehead atoms. The van der Waals surface area contributed by atoms with Crippen molar-refractivity contribution in [2.24, 2.45) is 0 Å². The van der Waals surface area contributed by atoms with Gasteiger partial charge in [-0.05, 0) is 44.5 Å². The van der Waals surface area contributed by atoms with Crippen molar-refractivity contribution in [3.8, 4) is 5.75 Å². The molecule has 1 unspecified atom stereocenters. The van der Waals surface area contributed by atoms with E-state index in [4.69, 9.17) is 4.74 Å². The lowest BCUT2D eigenvalue weighted by Gasteiger charge is -2.14. The molecule has 0 amide bonds. The molecule has 1 atom stereocenters. The molecule has 2 aromatic rings. The minimum Gasteiger partial charge on any atom is -0.486 e. The molecule has 0 saturated carbocycles. The van der Waals surface area contributed by atoms with Crippen LogP contribution in [0, 0.1) is 0 Å². The van der Waals surface area contributed by atoms with E-state index >= 15 is 0 Å². The van der Waals surface area contributed by atoms with Crippen LogP contribution in [0.25, 0.3) is 0 Å². The predicted molar refractivity (Wildman–Crippen MR) is 85.4 cm³/mol. The maximum atomic E-state index is 5.81. The van der Waals surface area contributed by atoms with E-state index in [1.54, 1.807) is 0 Å². The van der Waals surface area contributed by atoms with Crippen molar-refractivity contribution in [2.45, 2.75) is 46.4 Å². The third-order valence-corrected chi connectivity index (χ3v) is 3.59. The Morgan fingerprint density at radius 1 is 1.24 bits per heavy atom. The summed E-state index contributed by atoms with van der Waals surface area (Å²) in [4.78, 5) is 4.31. The molecular formula is C17H25N3O. The number of rotatable bonds is 8. The number of ether oxygens (including phenoxy) is 1. The average molecular weight is 287 g/mol. The lowest BCUT2D eigenvalue weighted by molar-refractivity contribution is 0.290. The molecule has 4 heteroatoms. The Morgan fingerprint density at radius 3 is 2.67 bits per heavy atom. The number of nitrogens with one attached hydrogen (secondary N) is 1. The monoisotopic (exact) mass is 287 g/mol. The van der Waals surface area contributed by atoms with Crippen molar-refractivity contribution < 1.29 is 4.74 Å². The van der Waals surface area contributed by atoms with Gasteiger partial charge >= 0.3 is 0 Å². The second kappa shape index (κ2) is 7.84. The molecule has 0 aliphatic rings. The highest BCUT2D eigenvalue weighted by Gasteiger charge is 2.05. The minimum absolute atomic E-state index is 0.373. The van der Waals surface area contributed by atoms with E-state index < -0.39 is 0 Å². The van der Waals surface area contributed by atoms with Crippen molar-refractivity contribution in [3.05, 3.63) is 48.0 Å². The number of hydrogen-bond acceptors (Lipinski definition) is 3. The van der Waals surface area contributed by atoms with E-state index in [9.17, 15) is 0 Å². The molecule has 1 aromatic carbocycles. The highest BCUT2D eigenvalue weighted by molar-refractivity contribution is 5.29. The lowest BCUT2D eigenvalue weighted by Crippen LogP contribution is -2.19. The summed E-state index contributed by atoms with van der Waals surface area (Å²) in [5.41, 5.74) is 1.28. The Labute approximate surface area is 127 Å². The predicted octanol–water partition coefficient (Wildman–Crippen LogP) is 3.54. The fourth-order valence-corrected chi connectivity index (χ4v) is 2.25. The fraction of sp³-hybridized carbons (Fsp3) is 0.471. The van der Waals surface area contributed by atoms with Crippen LogP contribution in [-0.4, -0.2) is 16.1 Å². The largest absolute Gasteiger partial charge is 0.486 e. The summed E-state index contributed by atoms with van der Waals surface area (Å²) < 4.78 is 7.89. The van der Waals surface area contributed by atoms with E-state index in [0.29, 0.717) is 12.6 Å². The summed E-state index contributed by atoms with van der Waals surface area (Å²) >= 11 is 0. The normalized spacial score (nSPS) is 12.3. The van der Waals surface area contributed by atoms with Crippen molar-refractivity contribution in [2.75, 3.05) is 6.54 Å². The number of aryl methyl sites for hydroxylation is 1. The molecule has 4 nitrogen and oxygen atoms in total. The van der Waals surface area contributed by atoms with Gasteiger partial charge in [-0.3, -0.25) is 0 Å². The first-order valence-electron chi connectivity index (χ1n) is 7.70. The van der Waals surface area contributed by atoms with Gasteiger partial charge in [-0.1, -0.05) is 19.1 Å². The van der Waals surface area contributed by atoms with Crippen molar-refractivity contribution in [1.82, 2.24) is 14.9 Å². The minimum atomic E-state index is 0.373. The van der Waals surface area contributed by atoms with Crippen LogP contribution in [0.1, 0.15) is 44.6 Å². The van der Waals surface area contributed by atoms with E-state index in [-0.39, 0.29) is 0 Å². The second-order valence-electron chi connectivity index (χ2n) is 5.16. The molecule has 2 rings (SSSR count). The Balaban J connectivity index is 1.90. The van der Waals surface area contributed by atoms with Gasteiger partial charge in [0.1, 0.15) is 18.2 Å². The standard InChI is InChI=1S/C17H25N3O/c1-4-10-18-14(3)15-6-8-16(9-7-15)21-13-17-19-11-12-20(17)5-2/h6-9,11-12,14,18H,4-5,10,13H2,1-3H3. The summed E-state index contributed by atoms with van der Waals surface area (Å²) in [5, 5.41) is 3.48. The molecule has 1 heterocycles. The number of aromatic nitrogens is 2. The molecule has 0 fully saturated rings. The van der Waals surface area contributed by atoms with Gasteiger partial charge < -0.3 is 14.6 Å². The van der Waals surface area contributed by atoms with Gasteiger partial charge in [0.2, 0.25) is 0 Å². The molecule has 0 aliphatic heterocycles. The third kappa shape index (κ3) is 4.33. The number of benzene rings is 1. The van der Waals surface area contributed by atoms with Gasteiger partial charge in [-0.25, -0.2) is 4.98 Å². The van der Waals surface area contributed by atoms with Gasteiger partial charge in [0.05, 0.1) is 0 Å². The van der Waals surface area contributed by atoms with Crippen LogP contribution in [0.2, 0.25) is 0 Å². The van der Waals surface area contributed by atoms with E-state index in [1.165, 1.54) is 5.56 Å². The summed E-state index contributed by atoms with van der Waals surface area (Å²) in [6, 6.07) is 8.67. The Kier molecular flexibility index (Phi) is 5.81. The quantitative estimate of drug-likeness (QED) is 0.807. The molecular weight excluding hydrogens is 262 g/mol. The van der Waals surface area contributed by atoms with E-state index in [2.05, 4.69) is 47.8 Å². The van der Waals surface area contributed by atoms with E-state index in [1.807, 2.05) is 24.5 Å². The summed E-state index contributed by atoms with van der Waals surface area (Å²) in [6.07, 6.45) is 4.94. The summed E-state index contributed by atoms with van der Waals surface area (Å²) in [6.45, 7) is 8.92. The topological polar surface area (TPSA) is 39.1 Å². The van der Waals surface area contributed by atoms with Gasteiger partial charge in [0.25, 0.3) is 0 Å². The molecule has 1 N–H and O–H groups in total. The van der Waals surface area contributed by atoms with Crippen LogP contribution in [-0.2, 0) is 13.2 Å². The molecule has 1 aromatic heterocycles. The zero-order chi connectivity index (χ0) is 15.1. The van der Waals surface area contributed by atoms with Gasteiger partial charge in [-0.15, -0.1) is 0 Å². The first-order valence-corrected chi connectivity index (χ1v) is 7.70. The average Bonchev–Trinajstić information content (AvgIpc) is 2.98. The summed E-state index contributed by atoms with van der Waals surface area (Å²) in [5.74, 6) is 1.84. The van der Waals surface area contributed by atoms with Gasteiger partial charge in [0, 0.05) is 25.0 Å². The van der Waals surface area contributed by atoms with Crippen LogP contribution >= 0.6 is 0 Å². The van der Waals surface area contributed by atoms with Crippen LogP contribution < -0.4 is 10.1 Å². The number of hydrogen-bond donors (Lipinski definition) is 1. The van der Waals surface area contributed by atoms with Gasteiger partial charge in [-0.2, -0.15) is 0 Å². The smallest absolute Gasteiger partial charge is 0.146 e. The second-order valence-corrected chi connectivity index (χ2v) is 5.16. The van der Waals surface area contributed by atoms with Crippen molar-refractivity contribution >= 4 is 0 Å². The highest BCUT2D eigenvalue weighted by Crippen LogP contribution is 2.18. The molecule has 0 radical (unpaired) electrons. The molecule has 114 valence electrons. The number of nitrogens with zero attached hydrogens (tertiary/aromatic N) is 2. The Bertz CT molecular complexity index is 533. The first kappa shape index (κ1) is 15.6. The maximum Gasteiger partial charge on any atom is 0.146 e. The first-order chi connectivity index (χ1) is 10.2. The SMILES string of the molecule is CCCNC(C)c1ccc(OCc2nccn2CC)cc1. The van der Waals surface area contributed by atoms with E-state index in [0.717, 1.165) is 31.1 Å². The third-order valence-electron chi connectivity index (χ3n) is 3.59. The zero-order valence-electron chi connectivity index (χ0n) is 13.2. The summed E-state index contributed by atoms with van der Waals surface area (Å²) in [7, 11) is 0. The highest BCUT2D eigenvalue weighted by atomic mass is 16.5. The molecule has 0 aliphatic carbocycles.